The number of para-hydroxylation sites is 1. The summed E-state index contributed by atoms with van der Waals surface area (Å²) in [6, 6.07) is 7.48. The molecule has 62 valence electrons. The van der Waals surface area contributed by atoms with Crippen LogP contribution in [-0.4, -0.2) is 17.1 Å². The van der Waals surface area contributed by atoms with Crippen molar-refractivity contribution in [3.8, 4) is 0 Å². The molecule has 0 aliphatic carbocycles. The van der Waals surface area contributed by atoms with Crippen molar-refractivity contribution in [2.24, 2.45) is 0 Å². The number of amides is 1. The molecule has 0 bridgehead atoms. The highest BCUT2D eigenvalue weighted by atomic mass is 16.3. The summed E-state index contributed by atoms with van der Waals surface area (Å²) in [5, 5.41) is 11.8. The zero-order valence-corrected chi connectivity index (χ0v) is 6.45. The van der Waals surface area contributed by atoms with Crippen LogP contribution in [0.3, 0.4) is 0 Å². The first kappa shape index (κ1) is 7.31. The number of aliphatic hydroxyl groups excluding tert-OH is 1. The molecule has 1 aromatic rings. The Bertz CT molecular complexity index is 322. The molecule has 0 aromatic heterocycles. The van der Waals surface area contributed by atoms with Gasteiger partial charge >= 0.3 is 0 Å². The normalized spacial score (nSPS) is 21.4. The molecule has 3 nitrogen and oxygen atoms in total. The van der Waals surface area contributed by atoms with Gasteiger partial charge in [0.05, 0.1) is 0 Å². The van der Waals surface area contributed by atoms with E-state index >= 15 is 0 Å². The Morgan fingerprint density at radius 2 is 2.17 bits per heavy atom. The van der Waals surface area contributed by atoms with Gasteiger partial charge in [0.15, 0.2) is 0 Å². The van der Waals surface area contributed by atoms with Gasteiger partial charge in [-0.25, -0.2) is 0 Å². The van der Waals surface area contributed by atoms with Crippen LogP contribution in [-0.2, 0) is 11.2 Å². The molecular weight excluding hydrogens is 154 g/mol. The number of carbonyl (C=O) groups excluding carboxylic acids is 1. The Morgan fingerprint density at radius 1 is 1.42 bits per heavy atom. The molecule has 3 heteroatoms. The SMILES string of the molecule is O=C1Nc2ccccc2C[C@H]1O. The molecule has 1 aromatic carbocycles. The van der Waals surface area contributed by atoms with Crippen LogP contribution in [0.5, 0.6) is 0 Å². The number of benzene rings is 1. The molecule has 0 radical (unpaired) electrons. The topological polar surface area (TPSA) is 49.3 Å². The van der Waals surface area contributed by atoms with E-state index in [0.29, 0.717) is 6.42 Å². The maximum atomic E-state index is 11.0. The van der Waals surface area contributed by atoms with E-state index in [4.69, 9.17) is 0 Å². The highest BCUT2D eigenvalue weighted by molar-refractivity contribution is 5.97. The molecule has 1 atom stereocenters. The molecule has 0 saturated heterocycles. The summed E-state index contributed by atoms with van der Waals surface area (Å²) >= 11 is 0. The fourth-order valence-electron chi connectivity index (χ4n) is 1.34. The number of hydrogen-bond donors (Lipinski definition) is 2. The van der Waals surface area contributed by atoms with Gasteiger partial charge in [0.1, 0.15) is 6.10 Å². The molecule has 0 spiro atoms. The van der Waals surface area contributed by atoms with Crippen molar-refractivity contribution in [2.75, 3.05) is 5.32 Å². The average Bonchev–Trinajstić information content (AvgIpc) is 2.07. The van der Waals surface area contributed by atoms with Crippen molar-refractivity contribution in [3.05, 3.63) is 29.8 Å². The lowest BCUT2D eigenvalue weighted by Gasteiger charge is -2.20. The molecule has 1 aliphatic heterocycles. The third-order valence-corrected chi connectivity index (χ3v) is 1.99. The van der Waals surface area contributed by atoms with E-state index < -0.39 is 6.10 Å². The Balaban J connectivity index is 2.40. The predicted molar refractivity (Wildman–Crippen MR) is 44.8 cm³/mol. The molecule has 1 aliphatic rings. The summed E-state index contributed by atoms with van der Waals surface area (Å²) in [5.41, 5.74) is 1.80. The number of anilines is 1. The Kier molecular flexibility index (Phi) is 1.59. The Labute approximate surface area is 70.0 Å². The van der Waals surface area contributed by atoms with Gasteiger partial charge in [-0.3, -0.25) is 4.79 Å². The van der Waals surface area contributed by atoms with Crippen LogP contribution >= 0.6 is 0 Å². The third-order valence-electron chi connectivity index (χ3n) is 1.99. The average molecular weight is 163 g/mol. The van der Waals surface area contributed by atoms with Gasteiger partial charge in [-0.1, -0.05) is 18.2 Å². The van der Waals surface area contributed by atoms with Crippen molar-refractivity contribution < 1.29 is 9.90 Å². The maximum absolute atomic E-state index is 11.0. The zero-order valence-electron chi connectivity index (χ0n) is 6.45. The van der Waals surface area contributed by atoms with Crippen LogP contribution in [0, 0.1) is 0 Å². The first-order valence-electron chi connectivity index (χ1n) is 3.84. The minimum atomic E-state index is -0.889. The second-order valence-electron chi connectivity index (χ2n) is 2.87. The van der Waals surface area contributed by atoms with Crippen LogP contribution in [0.4, 0.5) is 5.69 Å². The number of rotatable bonds is 0. The van der Waals surface area contributed by atoms with Gasteiger partial charge < -0.3 is 10.4 Å². The summed E-state index contributed by atoms with van der Waals surface area (Å²) in [5.74, 6) is -0.311. The highest BCUT2D eigenvalue weighted by Gasteiger charge is 2.22. The Hall–Kier alpha value is -1.35. The van der Waals surface area contributed by atoms with Crippen molar-refractivity contribution in [1.29, 1.82) is 0 Å². The largest absolute Gasteiger partial charge is 0.383 e. The monoisotopic (exact) mass is 163 g/mol. The number of hydrogen-bond acceptors (Lipinski definition) is 2. The van der Waals surface area contributed by atoms with Crippen LogP contribution in [0.2, 0.25) is 0 Å². The Morgan fingerprint density at radius 3 is 3.00 bits per heavy atom. The lowest BCUT2D eigenvalue weighted by atomic mass is 10.0. The summed E-state index contributed by atoms with van der Waals surface area (Å²) in [4.78, 5) is 11.0. The molecule has 1 heterocycles. The van der Waals surface area contributed by atoms with E-state index in [9.17, 15) is 9.90 Å². The summed E-state index contributed by atoms with van der Waals surface area (Å²) in [6.45, 7) is 0. The highest BCUT2D eigenvalue weighted by Crippen LogP contribution is 2.21. The van der Waals surface area contributed by atoms with E-state index in [0.717, 1.165) is 11.3 Å². The van der Waals surface area contributed by atoms with Gasteiger partial charge in [-0.05, 0) is 11.6 Å². The molecule has 2 rings (SSSR count). The predicted octanol–water partition coefficient (Wildman–Crippen LogP) is 0.542. The molecule has 0 saturated carbocycles. The molecule has 0 fully saturated rings. The molecule has 1 amide bonds. The first-order chi connectivity index (χ1) is 5.77. The van der Waals surface area contributed by atoms with Crippen LogP contribution < -0.4 is 5.32 Å². The molecular formula is C9H9NO2. The van der Waals surface area contributed by atoms with E-state index in [1.54, 1.807) is 0 Å². The van der Waals surface area contributed by atoms with Crippen LogP contribution in [0.1, 0.15) is 5.56 Å². The molecule has 0 unspecified atom stereocenters. The number of fused-ring (bicyclic) bond motifs is 1. The standard InChI is InChI=1S/C9H9NO2/c11-8-5-6-3-1-2-4-7(6)10-9(8)12/h1-4,8,11H,5H2,(H,10,12)/t8-/m1/s1. The lowest BCUT2D eigenvalue weighted by Crippen LogP contribution is -2.34. The van der Waals surface area contributed by atoms with Crippen molar-refractivity contribution in [3.63, 3.8) is 0 Å². The number of aliphatic hydroxyl groups is 1. The second-order valence-corrected chi connectivity index (χ2v) is 2.87. The minimum Gasteiger partial charge on any atom is -0.383 e. The first-order valence-corrected chi connectivity index (χ1v) is 3.84. The third kappa shape index (κ3) is 1.08. The van der Waals surface area contributed by atoms with Gasteiger partial charge in [0, 0.05) is 12.1 Å². The van der Waals surface area contributed by atoms with Gasteiger partial charge in [-0.2, -0.15) is 0 Å². The molecule has 12 heavy (non-hydrogen) atoms. The maximum Gasteiger partial charge on any atom is 0.253 e. The van der Waals surface area contributed by atoms with E-state index in [2.05, 4.69) is 5.32 Å². The van der Waals surface area contributed by atoms with Crippen molar-refractivity contribution >= 4 is 11.6 Å². The summed E-state index contributed by atoms with van der Waals surface area (Å²) in [6.07, 6.45) is -0.470. The lowest BCUT2D eigenvalue weighted by molar-refractivity contribution is -0.124. The second kappa shape index (κ2) is 2.60. The van der Waals surface area contributed by atoms with E-state index in [1.165, 1.54) is 0 Å². The van der Waals surface area contributed by atoms with Crippen molar-refractivity contribution in [2.45, 2.75) is 12.5 Å². The van der Waals surface area contributed by atoms with E-state index in [1.807, 2.05) is 24.3 Å². The van der Waals surface area contributed by atoms with Gasteiger partial charge in [0.25, 0.3) is 5.91 Å². The fraction of sp³-hybridized carbons (Fsp3) is 0.222. The molecule has 2 N–H and O–H groups in total. The van der Waals surface area contributed by atoms with Crippen molar-refractivity contribution in [1.82, 2.24) is 0 Å². The van der Waals surface area contributed by atoms with E-state index in [-0.39, 0.29) is 5.91 Å². The summed E-state index contributed by atoms with van der Waals surface area (Å²) in [7, 11) is 0. The van der Waals surface area contributed by atoms with Crippen LogP contribution in [0.15, 0.2) is 24.3 Å². The van der Waals surface area contributed by atoms with Gasteiger partial charge in [0.2, 0.25) is 0 Å². The van der Waals surface area contributed by atoms with Gasteiger partial charge in [-0.15, -0.1) is 0 Å². The summed E-state index contributed by atoms with van der Waals surface area (Å²) < 4.78 is 0. The fourth-order valence-corrected chi connectivity index (χ4v) is 1.34. The zero-order chi connectivity index (χ0) is 8.55. The van der Waals surface area contributed by atoms with Crippen LogP contribution in [0.25, 0.3) is 0 Å². The smallest absolute Gasteiger partial charge is 0.253 e. The quantitative estimate of drug-likeness (QED) is 0.586. The minimum absolute atomic E-state index is 0.311. The number of nitrogens with one attached hydrogen (secondary N) is 1. The number of carbonyl (C=O) groups is 1.